The van der Waals surface area contributed by atoms with Gasteiger partial charge in [0.25, 0.3) is 0 Å². The van der Waals surface area contributed by atoms with E-state index in [0.717, 1.165) is 16.9 Å². The highest BCUT2D eigenvalue weighted by atomic mass is 16.4. The number of nitrogen functional groups attached to an aromatic ring is 1. The minimum atomic E-state index is -1.02. The monoisotopic (exact) mass is 257 g/mol. The third-order valence-corrected chi connectivity index (χ3v) is 2.86. The summed E-state index contributed by atoms with van der Waals surface area (Å²) in [6.07, 6.45) is 1.74. The van der Waals surface area contributed by atoms with Crippen molar-refractivity contribution in [1.29, 1.82) is 0 Å². The lowest BCUT2D eigenvalue weighted by Crippen LogP contribution is -2.06. The van der Waals surface area contributed by atoms with Gasteiger partial charge in [-0.1, -0.05) is 6.07 Å². The second-order valence-corrected chi connectivity index (χ2v) is 4.23. The van der Waals surface area contributed by atoms with Gasteiger partial charge in [-0.25, -0.2) is 4.79 Å². The van der Waals surface area contributed by atoms with E-state index >= 15 is 0 Å². The Bertz CT molecular complexity index is 611. The Morgan fingerprint density at radius 2 is 2.21 bits per heavy atom. The van der Waals surface area contributed by atoms with Crippen molar-refractivity contribution >= 4 is 17.3 Å². The Hall–Kier alpha value is -2.56. The molecule has 0 amide bonds. The number of aromatic nitrogens is 1. The minimum Gasteiger partial charge on any atom is -0.478 e. The van der Waals surface area contributed by atoms with Gasteiger partial charge in [-0.15, -0.1) is 0 Å². The fraction of sp³-hybridized carbons (Fsp3) is 0.143. The molecule has 0 radical (unpaired) electrons. The fourth-order valence-electron chi connectivity index (χ4n) is 1.76. The molecule has 0 fully saturated rings. The van der Waals surface area contributed by atoms with Crippen LogP contribution in [0.1, 0.15) is 21.6 Å². The SMILES string of the molecule is Cc1cccnc1CNc1ccc(C(=O)O)c(N)c1. The number of carboxylic acid groups (broad SMARTS) is 1. The van der Waals surface area contributed by atoms with Gasteiger partial charge in [0.05, 0.1) is 17.8 Å². The number of nitrogens with zero attached hydrogens (tertiary/aromatic N) is 1. The molecule has 5 nitrogen and oxygen atoms in total. The van der Waals surface area contributed by atoms with Gasteiger partial charge in [-0.05, 0) is 36.8 Å². The molecule has 2 aromatic rings. The summed E-state index contributed by atoms with van der Waals surface area (Å²) in [7, 11) is 0. The van der Waals surface area contributed by atoms with Crippen LogP contribution in [0.3, 0.4) is 0 Å². The topological polar surface area (TPSA) is 88.2 Å². The molecule has 0 atom stereocenters. The van der Waals surface area contributed by atoms with Gasteiger partial charge in [0, 0.05) is 17.6 Å². The Morgan fingerprint density at radius 1 is 1.42 bits per heavy atom. The van der Waals surface area contributed by atoms with Gasteiger partial charge < -0.3 is 16.2 Å². The summed E-state index contributed by atoms with van der Waals surface area (Å²) >= 11 is 0. The minimum absolute atomic E-state index is 0.111. The average molecular weight is 257 g/mol. The molecule has 0 aliphatic heterocycles. The van der Waals surface area contributed by atoms with E-state index in [9.17, 15) is 4.79 Å². The van der Waals surface area contributed by atoms with E-state index in [0.29, 0.717) is 6.54 Å². The van der Waals surface area contributed by atoms with Crippen LogP contribution in [-0.2, 0) is 6.54 Å². The summed E-state index contributed by atoms with van der Waals surface area (Å²) < 4.78 is 0. The molecule has 2 rings (SSSR count). The first kappa shape index (κ1) is 12.9. The zero-order chi connectivity index (χ0) is 13.8. The van der Waals surface area contributed by atoms with E-state index in [1.807, 2.05) is 19.1 Å². The Labute approximate surface area is 111 Å². The van der Waals surface area contributed by atoms with Crippen molar-refractivity contribution in [3.63, 3.8) is 0 Å². The molecule has 19 heavy (non-hydrogen) atoms. The largest absolute Gasteiger partial charge is 0.478 e. The third-order valence-electron chi connectivity index (χ3n) is 2.86. The van der Waals surface area contributed by atoms with E-state index in [4.69, 9.17) is 10.8 Å². The van der Waals surface area contributed by atoms with Crippen molar-refractivity contribution in [3.8, 4) is 0 Å². The maximum Gasteiger partial charge on any atom is 0.337 e. The van der Waals surface area contributed by atoms with Crippen LogP contribution in [0, 0.1) is 6.92 Å². The number of pyridine rings is 1. The van der Waals surface area contributed by atoms with Crippen molar-refractivity contribution in [3.05, 3.63) is 53.3 Å². The molecule has 1 aromatic carbocycles. The summed E-state index contributed by atoms with van der Waals surface area (Å²) in [6, 6.07) is 8.68. The summed E-state index contributed by atoms with van der Waals surface area (Å²) in [5.41, 5.74) is 8.86. The molecule has 0 saturated carbocycles. The van der Waals surface area contributed by atoms with Crippen molar-refractivity contribution in [2.24, 2.45) is 0 Å². The van der Waals surface area contributed by atoms with E-state index < -0.39 is 5.97 Å². The van der Waals surface area contributed by atoms with E-state index in [-0.39, 0.29) is 11.3 Å². The number of nitrogens with two attached hydrogens (primary N) is 1. The van der Waals surface area contributed by atoms with Crippen LogP contribution < -0.4 is 11.1 Å². The molecule has 0 bridgehead atoms. The van der Waals surface area contributed by atoms with Crippen LogP contribution in [0.2, 0.25) is 0 Å². The van der Waals surface area contributed by atoms with Gasteiger partial charge in [-0.2, -0.15) is 0 Å². The highest BCUT2D eigenvalue weighted by Crippen LogP contribution is 2.18. The lowest BCUT2D eigenvalue weighted by molar-refractivity contribution is 0.0698. The molecule has 0 saturated heterocycles. The Morgan fingerprint density at radius 3 is 2.84 bits per heavy atom. The molecule has 0 aliphatic rings. The van der Waals surface area contributed by atoms with Crippen molar-refractivity contribution < 1.29 is 9.90 Å². The number of anilines is 2. The van der Waals surface area contributed by atoms with Crippen LogP contribution in [0.25, 0.3) is 0 Å². The van der Waals surface area contributed by atoms with Gasteiger partial charge >= 0.3 is 5.97 Å². The second kappa shape index (κ2) is 5.39. The third kappa shape index (κ3) is 3.01. The van der Waals surface area contributed by atoms with Crippen molar-refractivity contribution in [2.45, 2.75) is 13.5 Å². The number of aromatic carboxylic acids is 1. The summed E-state index contributed by atoms with van der Waals surface area (Å²) in [4.78, 5) is 15.1. The Kier molecular flexibility index (Phi) is 3.66. The molecule has 98 valence electrons. The number of benzene rings is 1. The molecular formula is C14H15N3O2. The zero-order valence-electron chi connectivity index (χ0n) is 10.6. The fourth-order valence-corrected chi connectivity index (χ4v) is 1.76. The van der Waals surface area contributed by atoms with Crippen LogP contribution in [-0.4, -0.2) is 16.1 Å². The number of carboxylic acids is 1. The predicted octanol–water partition coefficient (Wildman–Crippen LogP) is 2.28. The summed E-state index contributed by atoms with van der Waals surface area (Å²) in [5.74, 6) is -1.02. The van der Waals surface area contributed by atoms with Crippen LogP contribution in [0.4, 0.5) is 11.4 Å². The van der Waals surface area contributed by atoms with E-state index in [1.54, 1.807) is 18.3 Å². The van der Waals surface area contributed by atoms with Crippen molar-refractivity contribution in [2.75, 3.05) is 11.1 Å². The number of carbonyl (C=O) groups is 1. The van der Waals surface area contributed by atoms with Crippen LogP contribution in [0.5, 0.6) is 0 Å². The van der Waals surface area contributed by atoms with Crippen LogP contribution >= 0.6 is 0 Å². The molecule has 1 aromatic heterocycles. The molecule has 1 heterocycles. The van der Waals surface area contributed by atoms with Gasteiger partial charge in [0.15, 0.2) is 0 Å². The highest BCUT2D eigenvalue weighted by molar-refractivity contribution is 5.94. The molecule has 4 N–H and O–H groups in total. The van der Waals surface area contributed by atoms with Gasteiger partial charge in [0.2, 0.25) is 0 Å². The first-order valence-electron chi connectivity index (χ1n) is 5.85. The molecule has 0 spiro atoms. The standard InChI is InChI=1S/C14H15N3O2/c1-9-3-2-6-16-13(9)8-17-10-4-5-11(14(18)19)12(15)7-10/h2-7,17H,8,15H2,1H3,(H,18,19). The summed E-state index contributed by atoms with van der Waals surface area (Å²) in [6.45, 7) is 2.56. The maximum atomic E-state index is 10.8. The van der Waals surface area contributed by atoms with Crippen molar-refractivity contribution in [1.82, 2.24) is 4.98 Å². The maximum absolute atomic E-state index is 10.8. The number of nitrogens with one attached hydrogen (secondary N) is 1. The number of hydrogen-bond donors (Lipinski definition) is 3. The lowest BCUT2D eigenvalue weighted by atomic mass is 10.1. The highest BCUT2D eigenvalue weighted by Gasteiger charge is 2.08. The van der Waals surface area contributed by atoms with E-state index in [1.165, 1.54) is 6.07 Å². The lowest BCUT2D eigenvalue weighted by Gasteiger charge is -2.09. The second-order valence-electron chi connectivity index (χ2n) is 4.23. The molecular weight excluding hydrogens is 242 g/mol. The predicted molar refractivity (Wildman–Crippen MR) is 74.1 cm³/mol. The number of aryl methyl sites for hydroxylation is 1. The van der Waals surface area contributed by atoms with Gasteiger partial charge in [0.1, 0.15) is 0 Å². The van der Waals surface area contributed by atoms with Gasteiger partial charge in [-0.3, -0.25) is 4.98 Å². The zero-order valence-corrected chi connectivity index (χ0v) is 10.6. The normalized spacial score (nSPS) is 10.2. The summed E-state index contributed by atoms with van der Waals surface area (Å²) in [5, 5.41) is 12.1. The molecule has 0 aliphatic carbocycles. The first-order valence-corrected chi connectivity index (χ1v) is 5.85. The van der Waals surface area contributed by atoms with E-state index in [2.05, 4.69) is 10.3 Å². The average Bonchev–Trinajstić information content (AvgIpc) is 2.37. The Balaban J connectivity index is 2.11. The van der Waals surface area contributed by atoms with Crippen LogP contribution in [0.15, 0.2) is 36.5 Å². The molecule has 0 unspecified atom stereocenters. The number of hydrogen-bond acceptors (Lipinski definition) is 4. The number of rotatable bonds is 4. The molecule has 5 heteroatoms. The first-order chi connectivity index (χ1) is 9.08. The quantitative estimate of drug-likeness (QED) is 0.731. The smallest absolute Gasteiger partial charge is 0.337 e.